The van der Waals surface area contributed by atoms with Crippen molar-refractivity contribution in [3.05, 3.63) is 35.0 Å². The number of aliphatic hydroxyl groups excluding tert-OH is 1. The van der Waals surface area contributed by atoms with E-state index in [0.717, 1.165) is 53.7 Å². The van der Waals surface area contributed by atoms with Gasteiger partial charge in [0.05, 0.1) is 36.9 Å². The molecule has 5 rings (SSSR count). The SMILES string of the molecule is CCOC1CC1C(=O)Nc1cc2cc(C3CCN([C@]4(C)COC[C@@H]4O)CC3)c(Cl)cc2cn1. The standard InChI is InChI=1S/C25H32ClN3O4/c1-3-33-21-11-19(21)24(31)28-23-10-16-8-18(20(26)9-17(16)12-27-23)15-4-6-29(7-5-15)25(2)14-32-13-22(25)30/h8-10,12,15,19,21-22,30H,3-7,11,13-14H2,1-2H3,(H,27,28,31)/t19?,21?,22-,25+/m0/s1. The van der Waals surface area contributed by atoms with E-state index in [1.54, 1.807) is 6.20 Å². The number of amides is 1. The Morgan fingerprint density at radius 2 is 2.12 bits per heavy atom. The topological polar surface area (TPSA) is 83.9 Å². The number of fused-ring (bicyclic) bond motifs is 1. The summed E-state index contributed by atoms with van der Waals surface area (Å²) >= 11 is 6.69. The van der Waals surface area contributed by atoms with Crippen LogP contribution in [0.1, 0.15) is 44.6 Å². The van der Waals surface area contributed by atoms with Gasteiger partial charge in [-0.2, -0.15) is 0 Å². The Hall–Kier alpha value is -1.77. The van der Waals surface area contributed by atoms with Gasteiger partial charge < -0.3 is 19.9 Å². The van der Waals surface area contributed by atoms with Crippen molar-refractivity contribution < 1.29 is 19.4 Å². The zero-order valence-corrected chi connectivity index (χ0v) is 20.0. The molecule has 3 heterocycles. The van der Waals surface area contributed by atoms with E-state index in [4.69, 9.17) is 21.1 Å². The van der Waals surface area contributed by atoms with Crippen molar-refractivity contribution in [1.82, 2.24) is 9.88 Å². The highest BCUT2D eigenvalue weighted by molar-refractivity contribution is 6.32. The number of ether oxygens (including phenoxy) is 2. The molecule has 2 N–H and O–H groups in total. The van der Waals surface area contributed by atoms with Crippen LogP contribution in [0.3, 0.4) is 0 Å². The number of likely N-dealkylation sites (tertiary alicyclic amines) is 1. The van der Waals surface area contributed by atoms with Crippen molar-refractivity contribution in [3.8, 4) is 0 Å². The van der Waals surface area contributed by atoms with Gasteiger partial charge in [-0.3, -0.25) is 9.69 Å². The number of hydrogen-bond donors (Lipinski definition) is 2. The molecule has 0 radical (unpaired) electrons. The summed E-state index contributed by atoms with van der Waals surface area (Å²) in [6.07, 6.45) is 4.07. The summed E-state index contributed by atoms with van der Waals surface area (Å²) in [6.45, 7) is 7.44. The summed E-state index contributed by atoms with van der Waals surface area (Å²) in [5, 5.41) is 16.1. The maximum atomic E-state index is 12.5. The van der Waals surface area contributed by atoms with Crippen molar-refractivity contribution in [1.29, 1.82) is 0 Å². The van der Waals surface area contributed by atoms with Crippen LogP contribution in [0.4, 0.5) is 5.82 Å². The third kappa shape index (κ3) is 4.49. The molecule has 2 saturated heterocycles. The van der Waals surface area contributed by atoms with Gasteiger partial charge in [-0.15, -0.1) is 0 Å². The summed E-state index contributed by atoms with van der Waals surface area (Å²) in [4.78, 5) is 19.2. The minimum Gasteiger partial charge on any atom is -0.389 e. The van der Waals surface area contributed by atoms with Gasteiger partial charge >= 0.3 is 0 Å². The fourth-order valence-electron chi connectivity index (χ4n) is 5.29. The lowest BCUT2D eigenvalue weighted by atomic mass is 9.85. The molecular weight excluding hydrogens is 442 g/mol. The van der Waals surface area contributed by atoms with Gasteiger partial charge in [-0.1, -0.05) is 11.6 Å². The molecule has 1 aromatic heterocycles. The molecule has 0 bridgehead atoms. The molecule has 8 heteroatoms. The van der Waals surface area contributed by atoms with E-state index in [0.29, 0.717) is 31.6 Å². The van der Waals surface area contributed by atoms with Gasteiger partial charge in [-0.05, 0) is 81.3 Å². The van der Waals surface area contributed by atoms with Gasteiger partial charge in [0.15, 0.2) is 0 Å². The Kier molecular flexibility index (Phi) is 6.35. The van der Waals surface area contributed by atoms with E-state index in [2.05, 4.69) is 28.2 Å². The molecule has 33 heavy (non-hydrogen) atoms. The molecule has 1 aliphatic carbocycles. The minimum absolute atomic E-state index is 0.0332. The van der Waals surface area contributed by atoms with E-state index in [9.17, 15) is 9.90 Å². The Morgan fingerprint density at radius 3 is 2.82 bits per heavy atom. The Morgan fingerprint density at radius 1 is 1.33 bits per heavy atom. The molecule has 1 amide bonds. The lowest BCUT2D eigenvalue weighted by Crippen LogP contribution is -2.56. The quantitative estimate of drug-likeness (QED) is 0.667. The Bertz CT molecular complexity index is 1040. The Labute approximate surface area is 199 Å². The summed E-state index contributed by atoms with van der Waals surface area (Å²) < 4.78 is 11.0. The van der Waals surface area contributed by atoms with Crippen molar-refractivity contribution in [2.75, 3.05) is 38.2 Å². The van der Waals surface area contributed by atoms with Crippen molar-refractivity contribution in [2.45, 2.75) is 56.8 Å². The third-order valence-corrected chi connectivity index (χ3v) is 7.91. The largest absolute Gasteiger partial charge is 0.389 e. The highest BCUT2D eigenvalue weighted by Gasteiger charge is 2.45. The number of nitrogens with one attached hydrogen (secondary N) is 1. The lowest BCUT2D eigenvalue weighted by Gasteiger charge is -2.43. The third-order valence-electron chi connectivity index (χ3n) is 7.58. The zero-order valence-electron chi connectivity index (χ0n) is 19.2. The first kappa shape index (κ1) is 23.0. The molecule has 0 spiro atoms. The van der Waals surface area contributed by atoms with Crippen LogP contribution in [-0.4, -0.2) is 71.6 Å². The van der Waals surface area contributed by atoms with Crippen LogP contribution in [0, 0.1) is 5.92 Å². The van der Waals surface area contributed by atoms with Crippen LogP contribution < -0.4 is 5.32 Å². The number of hydrogen-bond acceptors (Lipinski definition) is 6. The predicted molar refractivity (Wildman–Crippen MR) is 128 cm³/mol. The van der Waals surface area contributed by atoms with E-state index in [1.807, 2.05) is 19.1 Å². The number of halogens is 1. The molecule has 7 nitrogen and oxygen atoms in total. The summed E-state index contributed by atoms with van der Waals surface area (Å²) in [5.74, 6) is 0.791. The summed E-state index contributed by atoms with van der Waals surface area (Å²) in [5.41, 5.74) is 0.832. The molecule has 1 aromatic carbocycles. The second-order valence-electron chi connectivity index (χ2n) is 9.77. The normalized spacial score (nSPS) is 30.6. The molecule has 4 atom stereocenters. The maximum absolute atomic E-state index is 12.5. The number of aromatic nitrogens is 1. The van der Waals surface area contributed by atoms with Crippen LogP contribution in [-0.2, 0) is 14.3 Å². The highest BCUT2D eigenvalue weighted by Crippen LogP contribution is 2.39. The Balaban J connectivity index is 1.29. The number of pyridine rings is 1. The molecule has 1 saturated carbocycles. The predicted octanol–water partition coefficient (Wildman–Crippen LogP) is 3.58. The second kappa shape index (κ2) is 9.12. The van der Waals surface area contributed by atoms with E-state index in [-0.39, 0.29) is 23.5 Å². The zero-order chi connectivity index (χ0) is 23.2. The number of carbonyl (C=O) groups is 1. The van der Waals surface area contributed by atoms with Gasteiger partial charge in [0, 0.05) is 23.2 Å². The summed E-state index contributed by atoms with van der Waals surface area (Å²) in [6, 6.07) is 6.04. The van der Waals surface area contributed by atoms with Crippen molar-refractivity contribution >= 4 is 34.1 Å². The first-order valence-corrected chi connectivity index (χ1v) is 12.3. The first-order chi connectivity index (χ1) is 15.9. The van der Waals surface area contributed by atoms with Crippen LogP contribution in [0.15, 0.2) is 24.4 Å². The van der Waals surface area contributed by atoms with Gasteiger partial charge in [-0.25, -0.2) is 4.98 Å². The number of piperidine rings is 1. The van der Waals surface area contributed by atoms with Gasteiger partial charge in [0.1, 0.15) is 5.82 Å². The van der Waals surface area contributed by atoms with Gasteiger partial charge in [0.2, 0.25) is 5.91 Å². The average Bonchev–Trinajstić information content (AvgIpc) is 3.50. The molecule has 3 fully saturated rings. The molecule has 2 unspecified atom stereocenters. The van der Waals surface area contributed by atoms with E-state index >= 15 is 0 Å². The number of benzene rings is 1. The number of carbonyl (C=O) groups excluding carboxylic acids is 1. The molecule has 2 aliphatic heterocycles. The van der Waals surface area contributed by atoms with Crippen molar-refractivity contribution in [2.24, 2.45) is 5.92 Å². The monoisotopic (exact) mass is 473 g/mol. The van der Waals surface area contributed by atoms with Gasteiger partial charge in [0.25, 0.3) is 0 Å². The fourth-order valence-corrected chi connectivity index (χ4v) is 5.61. The maximum Gasteiger partial charge on any atom is 0.231 e. The lowest BCUT2D eigenvalue weighted by molar-refractivity contribution is -0.118. The van der Waals surface area contributed by atoms with Crippen LogP contribution in [0.2, 0.25) is 5.02 Å². The number of aliphatic hydroxyl groups is 1. The molecular formula is C25H32ClN3O4. The van der Waals surface area contributed by atoms with Crippen LogP contribution in [0.5, 0.6) is 0 Å². The fraction of sp³-hybridized carbons (Fsp3) is 0.600. The van der Waals surface area contributed by atoms with Crippen molar-refractivity contribution in [3.63, 3.8) is 0 Å². The number of rotatable bonds is 6. The molecule has 3 aliphatic rings. The number of nitrogens with zero attached hydrogens (tertiary/aromatic N) is 2. The van der Waals surface area contributed by atoms with E-state index < -0.39 is 6.10 Å². The van der Waals surface area contributed by atoms with Crippen LogP contribution >= 0.6 is 11.6 Å². The second-order valence-corrected chi connectivity index (χ2v) is 10.2. The average molecular weight is 474 g/mol. The molecule has 178 valence electrons. The molecule has 2 aromatic rings. The number of anilines is 1. The first-order valence-electron chi connectivity index (χ1n) is 11.9. The minimum atomic E-state index is -0.445. The summed E-state index contributed by atoms with van der Waals surface area (Å²) in [7, 11) is 0. The van der Waals surface area contributed by atoms with Crippen LogP contribution in [0.25, 0.3) is 10.8 Å². The van der Waals surface area contributed by atoms with E-state index in [1.165, 1.54) is 0 Å². The highest BCUT2D eigenvalue weighted by atomic mass is 35.5. The smallest absolute Gasteiger partial charge is 0.231 e.